The lowest BCUT2D eigenvalue weighted by Crippen LogP contribution is -2.28. The van der Waals surface area contributed by atoms with Gasteiger partial charge in [-0.2, -0.15) is 0 Å². The molecule has 1 N–H and O–H groups in total. The Morgan fingerprint density at radius 1 is 1.56 bits per heavy atom. The number of aliphatic hydroxyl groups excluding tert-OH is 1. The first kappa shape index (κ1) is 13.2. The highest BCUT2D eigenvalue weighted by Crippen LogP contribution is 2.24. The molecule has 1 rings (SSSR count). The largest absolute Gasteiger partial charge is 0.388 e. The number of hydrogen-bond donors (Lipinski definition) is 1. The second kappa shape index (κ2) is 6.00. The molecule has 0 unspecified atom stereocenters. The van der Waals surface area contributed by atoms with E-state index in [9.17, 15) is 9.90 Å². The fourth-order valence-electron chi connectivity index (χ4n) is 1.91. The Kier molecular flexibility index (Phi) is 4.94. The second-order valence-corrected chi connectivity index (χ2v) is 5.09. The van der Waals surface area contributed by atoms with Crippen molar-refractivity contribution in [3.8, 4) is 0 Å². The maximum absolute atomic E-state index is 11.7. The van der Waals surface area contributed by atoms with E-state index in [1.54, 1.807) is 12.2 Å². The molecular weight excluding hydrogens is 200 g/mol. The number of carbonyl (C=O) groups excluding carboxylic acids is 1. The third-order valence-electron chi connectivity index (χ3n) is 2.96. The minimum absolute atomic E-state index is 0.0745. The van der Waals surface area contributed by atoms with Crippen molar-refractivity contribution in [3.05, 3.63) is 23.8 Å². The molecule has 0 aromatic carbocycles. The van der Waals surface area contributed by atoms with Gasteiger partial charge in [-0.15, -0.1) is 0 Å². The molecule has 90 valence electrons. The first-order valence-electron chi connectivity index (χ1n) is 6.06. The molecule has 1 aliphatic carbocycles. The standard InChI is InChI=1S/C14H22O2/c1-10(2)5-4-6-13(15)12-8-7-11(3)9-14(12)16/h4,6,9-10,12-13,15H,5,7-8H2,1-3H3/b6-4+/t12-,13-/m1/s1. The van der Waals surface area contributed by atoms with Crippen LogP contribution in [0.3, 0.4) is 0 Å². The summed E-state index contributed by atoms with van der Waals surface area (Å²) in [6, 6.07) is 0. The van der Waals surface area contributed by atoms with Gasteiger partial charge in [0.15, 0.2) is 5.78 Å². The molecule has 0 aromatic rings. The summed E-state index contributed by atoms with van der Waals surface area (Å²) in [5.41, 5.74) is 1.12. The van der Waals surface area contributed by atoms with Crippen LogP contribution >= 0.6 is 0 Å². The molecule has 0 spiro atoms. The lowest BCUT2D eigenvalue weighted by Gasteiger charge is -2.22. The molecule has 0 saturated carbocycles. The molecule has 0 heterocycles. The van der Waals surface area contributed by atoms with Crippen molar-refractivity contribution in [2.75, 3.05) is 0 Å². The van der Waals surface area contributed by atoms with Gasteiger partial charge in [0, 0.05) is 0 Å². The van der Waals surface area contributed by atoms with Crippen molar-refractivity contribution in [2.24, 2.45) is 11.8 Å². The van der Waals surface area contributed by atoms with Gasteiger partial charge in [0.25, 0.3) is 0 Å². The predicted molar refractivity (Wildman–Crippen MR) is 66.1 cm³/mol. The Morgan fingerprint density at radius 2 is 2.25 bits per heavy atom. The first-order chi connectivity index (χ1) is 7.50. The number of aliphatic hydroxyl groups is 1. The van der Waals surface area contributed by atoms with Crippen LogP contribution in [-0.2, 0) is 4.79 Å². The van der Waals surface area contributed by atoms with Crippen LogP contribution in [0.15, 0.2) is 23.8 Å². The van der Waals surface area contributed by atoms with E-state index in [1.807, 2.05) is 13.0 Å². The normalized spacial score (nSPS) is 23.9. The van der Waals surface area contributed by atoms with Crippen LogP contribution in [0.4, 0.5) is 0 Å². The van der Waals surface area contributed by atoms with Gasteiger partial charge in [0.05, 0.1) is 12.0 Å². The van der Waals surface area contributed by atoms with Gasteiger partial charge in [0.2, 0.25) is 0 Å². The molecule has 0 aromatic heterocycles. The molecule has 0 bridgehead atoms. The maximum Gasteiger partial charge on any atom is 0.161 e. The van der Waals surface area contributed by atoms with E-state index in [1.165, 1.54) is 0 Å². The average molecular weight is 222 g/mol. The van der Waals surface area contributed by atoms with Gasteiger partial charge in [-0.05, 0) is 38.2 Å². The van der Waals surface area contributed by atoms with Crippen molar-refractivity contribution in [3.63, 3.8) is 0 Å². The maximum atomic E-state index is 11.7. The van der Waals surface area contributed by atoms with Gasteiger partial charge < -0.3 is 5.11 Å². The van der Waals surface area contributed by atoms with Crippen LogP contribution in [0.5, 0.6) is 0 Å². The molecule has 0 radical (unpaired) electrons. The summed E-state index contributed by atoms with van der Waals surface area (Å²) in [5, 5.41) is 9.91. The number of ketones is 1. The molecule has 0 aliphatic heterocycles. The van der Waals surface area contributed by atoms with Crippen molar-refractivity contribution in [1.29, 1.82) is 0 Å². The van der Waals surface area contributed by atoms with Crippen LogP contribution in [0, 0.1) is 11.8 Å². The van der Waals surface area contributed by atoms with Crippen molar-refractivity contribution in [1.82, 2.24) is 0 Å². The summed E-state index contributed by atoms with van der Waals surface area (Å²) in [5.74, 6) is 0.435. The number of rotatable bonds is 4. The Bertz CT molecular complexity index is 300. The van der Waals surface area contributed by atoms with Crippen LogP contribution in [0.1, 0.15) is 40.0 Å². The van der Waals surface area contributed by atoms with E-state index < -0.39 is 6.10 Å². The molecular formula is C14H22O2. The SMILES string of the molecule is CC1=CC(=O)[C@@H]([C@H](O)/C=C/CC(C)C)CC1. The van der Waals surface area contributed by atoms with Gasteiger partial charge in [-0.1, -0.05) is 31.6 Å². The highest BCUT2D eigenvalue weighted by molar-refractivity contribution is 5.93. The van der Waals surface area contributed by atoms with Crippen LogP contribution in [-0.4, -0.2) is 17.0 Å². The Balaban J connectivity index is 2.52. The summed E-state index contributed by atoms with van der Waals surface area (Å²) in [6.45, 7) is 6.23. The fourth-order valence-corrected chi connectivity index (χ4v) is 1.91. The molecule has 1 aliphatic rings. The van der Waals surface area contributed by atoms with Crippen LogP contribution in [0.25, 0.3) is 0 Å². The zero-order valence-electron chi connectivity index (χ0n) is 10.4. The summed E-state index contributed by atoms with van der Waals surface area (Å²) < 4.78 is 0. The Hall–Kier alpha value is -0.890. The highest BCUT2D eigenvalue weighted by atomic mass is 16.3. The first-order valence-corrected chi connectivity index (χ1v) is 6.06. The highest BCUT2D eigenvalue weighted by Gasteiger charge is 2.26. The topological polar surface area (TPSA) is 37.3 Å². The van der Waals surface area contributed by atoms with Gasteiger partial charge in [-0.25, -0.2) is 0 Å². The summed E-state index contributed by atoms with van der Waals surface area (Å²) in [6.07, 6.45) is 7.46. The van der Waals surface area contributed by atoms with Crippen molar-refractivity contribution >= 4 is 5.78 Å². The zero-order chi connectivity index (χ0) is 12.1. The number of hydrogen-bond acceptors (Lipinski definition) is 2. The third-order valence-corrected chi connectivity index (χ3v) is 2.96. The molecule has 16 heavy (non-hydrogen) atoms. The third kappa shape index (κ3) is 3.93. The van der Waals surface area contributed by atoms with Gasteiger partial charge >= 0.3 is 0 Å². The summed E-state index contributed by atoms with van der Waals surface area (Å²) in [7, 11) is 0. The lowest BCUT2D eigenvalue weighted by molar-refractivity contribution is -0.121. The smallest absolute Gasteiger partial charge is 0.161 e. The molecule has 0 fully saturated rings. The lowest BCUT2D eigenvalue weighted by atomic mass is 9.85. The van der Waals surface area contributed by atoms with E-state index >= 15 is 0 Å². The summed E-state index contributed by atoms with van der Waals surface area (Å²) >= 11 is 0. The van der Waals surface area contributed by atoms with E-state index in [0.29, 0.717) is 5.92 Å². The Morgan fingerprint density at radius 3 is 2.81 bits per heavy atom. The quantitative estimate of drug-likeness (QED) is 0.743. The van der Waals surface area contributed by atoms with E-state index in [0.717, 1.165) is 24.8 Å². The summed E-state index contributed by atoms with van der Waals surface area (Å²) in [4.78, 5) is 11.7. The molecule has 0 saturated heterocycles. The van der Waals surface area contributed by atoms with Crippen LogP contribution < -0.4 is 0 Å². The minimum atomic E-state index is -0.615. The van der Waals surface area contributed by atoms with E-state index in [2.05, 4.69) is 13.8 Å². The molecule has 2 nitrogen and oxygen atoms in total. The molecule has 2 heteroatoms. The van der Waals surface area contributed by atoms with Crippen molar-refractivity contribution in [2.45, 2.75) is 46.1 Å². The van der Waals surface area contributed by atoms with Crippen molar-refractivity contribution < 1.29 is 9.90 Å². The monoisotopic (exact) mass is 222 g/mol. The molecule has 2 atom stereocenters. The second-order valence-electron chi connectivity index (χ2n) is 5.09. The average Bonchev–Trinajstić information content (AvgIpc) is 2.16. The zero-order valence-corrected chi connectivity index (χ0v) is 10.4. The predicted octanol–water partition coefficient (Wildman–Crippen LogP) is 2.88. The van der Waals surface area contributed by atoms with Gasteiger partial charge in [0.1, 0.15) is 0 Å². The molecule has 0 amide bonds. The number of allylic oxidation sites excluding steroid dienone is 3. The van der Waals surface area contributed by atoms with Gasteiger partial charge in [-0.3, -0.25) is 4.79 Å². The Labute approximate surface area is 98.1 Å². The van der Waals surface area contributed by atoms with E-state index in [-0.39, 0.29) is 11.7 Å². The van der Waals surface area contributed by atoms with E-state index in [4.69, 9.17) is 0 Å². The fraction of sp³-hybridized carbons (Fsp3) is 0.643. The minimum Gasteiger partial charge on any atom is -0.388 e. The number of carbonyl (C=O) groups is 1. The van der Waals surface area contributed by atoms with Crippen LogP contribution in [0.2, 0.25) is 0 Å².